The highest BCUT2D eigenvalue weighted by molar-refractivity contribution is 6.99. The minimum atomic E-state index is -2.77. The third-order valence-electron chi connectivity index (χ3n) is 12.0. The van der Waals surface area contributed by atoms with Gasteiger partial charge >= 0.3 is 0 Å². The summed E-state index contributed by atoms with van der Waals surface area (Å²) in [5.74, 6) is 1.69. The maximum absolute atomic E-state index is 10.6. The molecule has 7 heteroatoms. The summed E-state index contributed by atoms with van der Waals surface area (Å²) in [4.78, 5) is 0. The lowest BCUT2D eigenvalue weighted by Gasteiger charge is -2.54. The number of benzene rings is 3. The molecule has 0 amide bonds. The fraction of sp³-hybridized carbons (Fsp3) is 0.525. The van der Waals surface area contributed by atoms with Crippen molar-refractivity contribution in [2.24, 2.45) is 11.8 Å². The van der Waals surface area contributed by atoms with E-state index in [9.17, 15) is 5.26 Å². The fourth-order valence-electron chi connectivity index (χ4n) is 8.83. The van der Waals surface area contributed by atoms with E-state index in [1.807, 2.05) is 6.07 Å². The second-order valence-corrected chi connectivity index (χ2v) is 25.6. The van der Waals surface area contributed by atoms with E-state index in [2.05, 4.69) is 127 Å². The van der Waals surface area contributed by atoms with Gasteiger partial charge in [-0.15, -0.1) is 0 Å². The van der Waals surface area contributed by atoms with E-state index in [4.69, 9.17) is 18.3 Å². The molecule has 1 aliphatic heterocycles. The van der Waals surface area contributed by atoms with Gasteiger partial charge in [0.25, 0.3) is 8.32 Å². The smallest absolute Gasteiger partial charge is 0.261 e. The Hall–Kier alpha value is -2.90. The number of methoxy groups -OCH3 is 1. The van der Waals surface area contributed by atoms with E-state index in [0.717, 1.165) is 37.2 Å². The first-order valence-electron chi connectivity index (χ1n) is 17.4. The van der Waals surface area contributed by atoms with E-state index in [0.29, 0.717) is 6.61 Å². The summed E-state index contributed by atoms with van der Waals surface area (Å²) in [6.45, 7) is 19.1. The van der Waals surface area contributed by atoms with Crippen LogP contribution in [0.1, 0.15) is 71.9 Å². The van der Waals surface area contributed by atoms with Gasteiger partial charge in [0.05, 0.1) is 25.2 Å². The van der Waals surface area contributed by atoms with Crippen LogP contribution in [0.5, 0.6) is 11.5 Å². The monoisotopic (exact) mass is 667 g/mol. The first kappa shape index (κ1) is 34.0. The predicted octanol–water partition coefficient (Wildman–Crippen LogP) is 8.16. The average molecular weight is 668 g/mol. The molecule has 0 saturated heterocycles. The van der Waals surface area contributed by atoms with E-state index < -0.39 is 22.0 Å². The lowest BCUT2D eigenvalue weighted by atomic mass is 9.52. The van der Waals surface area contributed by atoms with Crippen molar-refractivity contribution in [3.63, 3.8) is 0 Å². The molecule has 47 heavy (non-hydrogen) atoms. The van der Waals surface area contributed by atoms with Crippen LogP contribution < -0.4 is 19.8 Å². The van der Waals surface area contributed by atoms with Crippen LogP contribution in [0.3, 0.4) is 0 Å². The van der Waals surface area contributed by atoms with Crippen LogP contribution in [0, 0.1) is 23.2 Å². The number of rotatable bonds is 9. The summed E-state index contributed by atoms with van der Waals surface area (Å²) < 4.78 is 27.9. The second-order valence-electron chi connectivity index (χ2n) is 16.5. The van der Waals surface area contributed by atoms with Crippen molar-refractivity contribution in [1.82, 2.24) is 0 Å². The van der Waals surface area contributed by atoms with Crippen LogP contribution in [0.4, 0.5) is 0 Å². The highest BCUT2D eigenvalue weighted by Gasteiger charge is 2.65. The molecule has 2 aliphatic carbocycles. The zero-order valence-corrected chi connectivity index (χ0v) is 31.9. The van der Waals surface area contributed by atoms with Gasteiger partial charge in [0.2, 0.25) is 0 Å². The van der Waals surface area contributed by atoms with E-state index in [-0.39, 0.29) is 34.1 Å². The Morgan fingerprint density at radius 1 is 0.872 bits per heavy atom. The van der Waals surface area contributed by atoms with Crippen molar-refractivity contribution in [3.05, 3.63) is 83.9 Å². The van der Waals surface area contributed by atoms with E-state index in [1.54, 1.807) is 7.11 Å². The van der Waals surface area contributed by atoms with Crippen molar-refractivity contribution in [3.8, 4) is 17.6 Å². The first-order valence-corrected chi connectivity index (χ1v) is 22.2. The molecule has 5 atom stereocenters. The lowest BCUT2D eigenvalue weighted by Crippen LogP contribution is -2.67. The maximum Gasteiger partial charge on any atom is 0.261 e. The summed E-state index contributed by atoms with van der Waals surface area (Å²) in [6, 6.07) is 28.7. The molecule has 0 aromatic heterocycles. The van der Waals surface area contributed by atoms with Crippen molar-refractivity contribution >= 4 is 27.0 Å². The summed E-state index contributed by atoms with van der Waals surface area (Å²) in [5.41, 5.74) is 2.05. The minimum absolute atomic E-state index is 0.0672. The van der Waals surface area contributed by atoms with Gasteiger partial charge in [-0.2, -0.15) is 5.26 Å². The Morgan fingerprint density at radius 3 is 2.02 bits per heavy atom. The number of hydrogen-bond acceptors (Lipinski definition) is 5. The maximum atomic E-state index is 10.6. The van der Waals surface area contributed by atoms with Crippen molar-refractivity contribution in [2.75, 3.05) is 13.7 Å². The third-order valence-corrected chi connectivity index (χ3v) is 21.5. The van der Waals surface area contributed by atoms with Crippen LogP contribution in [-0.2, 0) is 20.7 Å². The molecule has 1 fully saturated rings. The lowest BCUT2D eigenvalue weighted by molar-refractivity contribution is -0.0643. The number of hydrogen-bond donors (Lipinski definition) is 0. The Morgan fingerprint density at radius 2 is 1.49 bits per heavy atom. The molecular formula is C40H53NO4Si2. The van der Waals surface area contributed by atoms with Crippen molar-refractivity contribution in [1.29, 1.82) is 5.26 Å². The Labute approximate surface area is 284 Å². The Balaban J connectivity index is 1.48. The van der Waals surface area contributed by atoms with Crippen LogP contribution >= 0.6 is 0 Å². The molecule has 5 nitrogen and oxygen atoms in total. The molecule has 0 spiro atoms. The molecule has 3 aromatic rings. The largest absolute Gasteiger partial charge is 0.493 e. The highest BCUT2D eigenvalue weighted by Crippen LogP contribution is 2.64. The zero-order valence-electron chi connectivity index (χ0n) is 29.9. The van der Waals surface area contributed by atoms with Gasteiger partial charge in [-0.25, -0.2) is 0 Å². The Kier molecular flexibility index (Phi) is 8.83. The van der Waals surface area contributed by atoms with E-state index >= 15 is 0 Å². The molecule has 0 radical (unpaired) electrons. The van der Waals surface area contributed by atoms with Gasteiger partial charge in [-0.1, -0.05) is 108 Å². The molecule has 3 aromatic carbocycles. The van der Waals surface area contributed by atoms with Gasteiger partial charge in [0.15, 0.2) is 19.8 Å². The summed E-state index contributed by atoms with van der Waals surface area (Å²) in [6.07, 6.45) is 3.06. The predicted molar refractivity (Wildman–Crippen MR) is 195 cm³/mol. The molecule has 6 rings (SSSR count). The number of nitrogens with zero attached hydrogens (tertiary/aromatic N) is 1. The normalized spacial score (nSPS) is 25.4. The van der Waals surface area contributed by atoms with Gasteiger partial charge in [-0.3, -0.25) is 0 Å². The molecule has 0 unspecified atom stereocenters. The molecule has 1 heterocycles. The SMILES string of the molecule is COc1ccc2c3c1O[C@H]1[C@H](O[Si](C)(C)C(C)(C)C)CC[C@@H]([C@@H](C#N)C2)[C@@]31CCO[Si](c1ccccc1)(c1ccccc1)C(C)(C)C. The van der Waals surface area contributed by atoms with Crippen molar-refractivity contribution in [2.45, 2.75) is 108 Å². The summed E-state index contributed by atoms with van der Waals surface area (Å²) in [7, 11) is -3.17. The fourth-order valence-corrected chi connectivity index (χ4v) is 14.7. The van der Waals surface area contributed by atoms with Gasteiger partial charge in [0.1, 0.15) is 6.10 Å². The molecule has 3 aliphatic rings. The van der Waals surface area contributed by atoms with E-state index in [1.165, 1.54) is 21.5 Å². The van der Waals surface area contributed by atoms with Gasteiger partial charge in [-0.05, 0) is 76.8 Å². The summed E-state index contributed by atoms with van der Waals surface area (Å²) in [5, 5.41) is 13.1. The van der Waals surface area contributed by atoms with Crippen LogP contribution in [0.25, 0.3) is 0 Å². The summed E-state index contributed by atoms with van der Waals surface area (Å²) >= 11 is 0. The minimum Gasteiger partial charge on any atom is -0.493 e. The van der Waals surface area contributed by atoms with Crippen LogP contribution in [0.15, 0.2) is 72.8 Å². The second kappa shape index (κ2) is 12.2. The molecule has 0 bridgehead atoms. The van der Waals surface area contributed by atoms with Crippen LogP contribution in [0.2, 0.25) is 23.2 Å². The standard InChI is InChI=1S/C40H53NO4Si2/c1-38(2,3)46(8,9)45-34-23-21-32-29(27-41)26-28-20-22-33(42-7)36-35(28)40(32,37(34)44-36)24-25-43-47(39(4,5)6,30-16-12-10-13-17-30)31-18-14-11-15-19-31/h10-20,22,29,32,34,37H,21,23-26H2,1-9H3/t29-,32+,34-,37+,40+/m1/s1. The van der Waals surface area contributed by atoms with Crippen LogP contribution in [-0.4, -0.2) is 42.6 Å². The molecular weight excluding hydrogens is 615 g/mol. The highest BCUT2D eigenvalue weighted by atomic mass is 28.4. The Bertz CT molecular complexity index is 1580. The third kappa shape index (κ3) is 5.40. The molecule has 1 saturated carbocycles. The first-order chi connectivity index (χ1) is 22.2. The zero-order chi connectivity index (χ0) is 33.8. The average Bonchev–Trinajstić information content (AvgIpc) is 3.39. The van der Waals surface area contributed by atoms with Crippen molar-refractivity contribution < 1.29 is 18.3 Å². The van der Waals surface area contributed by atoms with Gasteiger partial charge < -0.3 is 18.3 Å². The van der Waals surface area contributed by atoms with Gasteiger partial charge in [0, 0.05) is 17.6 Å². The number of nitriles is 1. The topological polar surface area (TPSA) is 60.7 Å². The molecule has 250 valence electrons. The number of ether oxygens (including phenoxy) is 2. The quantitative estimate of drug-likeness (QED) is 0.216. The molecule has 0 N–H and O–H groups in total.